The zero-order valence-electron chi connectivity index (χ0n) is 11.2. The average Bonchev–Trinajstić information content (AvgIpc) is 2.47. The summed E-state index contributed by atoms with van der Waals surface area (Å²) < 4.78 is 7.08. The van der Waals surface area contributed by atoms with Crippen molar-refractivity contribution in [2.45, 2.75) is 12.6 Å². The van der Waals surface area contributed by atoms with Gasteiger partial charge in [0.25, 0.3) is 5.56 Å². The SMILES string of the molecule is NCC1CN(Cc2cc(=O)n3ccccc3n2)CCO1. The molecule has 2 N–H and O–H groups in total. The molecule has 3 heterocycles. The zero-order valence-corrected chi connectivity index (χ0v) is 11.2. The van der Waals surface area contributed by atoms with Gasteiger partial charge in [-0.2, -0.15) is 0 Å². The fourth-order valence-electron chi connectivity index (χ4n) is 2.48. The van der Waals surface area contributed by atoms with Crippen LogP contribution in [-0.2, 0) is 11.3 Å². The number of hydrogen-bond donors (Lipinski definition) is 1. The summed E-state index contributed by atoms with van der Waals surface area (Å²) in [5, 5.41) is 0. The van der Waals surface area contributed by atoms with Gasteiger partial charge in [0.15, 0.2) is 0 Å². The molecule has 0 radical (unpaired) electrons. The maximum absolute atomic E-state index is 12.0. The largest absolute Gasteiger partial charge is 0.374 e. The number of hydrogen-bond acceptors (Lipinski definition) is 5. The Morgan fingerprint density at radius 2 is 2.35 bits per heavy atom. The van der Waals surface area contributed by atoms with Gasteiger partial charge in [0.2, 0.25) is 0 Å². The predicted molar refractivity (Wildman–Crippen MR) is 75.5 cm³/mol. The molecule has 6 nitrogen and oxygen atoms in total. The van der Waals surface area contributed by atoms with Crippen molar-refractivity contribution in [2.75, 3.05) is 26.2 Å². The molecule has 2 aromatic rings. The van der Waals surface area contributed by atoms with E-state index in [-0.39, 0.29) is 11.7 Å². The summed E-state index contributed by atoms with van der Waals surface area (Å²) in [6.45, 7) is 3.47. The highest BCUT2D eigenvalue weighted by molar-refractivity contribution is 5.37. The molecule has 1 saturated heterocycles. The van der Waals surface area contributed by atoms with Gasteiger partial charge in [-0.15, -0.1) is 0 Å². The van der Waals surface area contributed by atoms with Crippen molar-refractivity contribution in [3.63, 3.8) is 0 Å². The van der Waals surface area contributed by atoms with Crippen molar-refractivity contribution in [3.8, 4) is 0 Å². The molecule has 2 aromatic heterocycles. The first kappa shape index (κ1) is 13.2. The van der Waals surface area contributed by atoms with Crippen LogP contribution in [-0.4, -0.2) is 46.6 Å². The molecule has 20 heavy (non-hydrogen) atoms. The van der Waals surface area contributed by atoms with E-state index in [2.05, 4.69) is 9.88 Å². The van der Waals surface area contributed by atoms with Crippen molar-refractivity contribution < 1.29 is 4.74 Å². The number of ether oxygens (including phenoxy) is 1. The summed E-state index contributed by atoms with van der Waals surface area (Å²) in [5.74, 6) is 0. The standard InChI is InChI=1S/C14H18N4O2/c15-8-12-10-17(5-6-20-12)9-11-7-14(19)18-4-2-1-3-13(18)16-11/h1-4,7,12H,5-6,8-10,15H2. The van der Waals surface area contributed by atoms with Gasteiger partial charge in [-0.1, -0.05) is 6.07 Å². The maximum Gasteiger partial charge on any atom is 0.258 e. The highest BCUT2D eigenvalue weighted by Crippen LogP contribution is 2.08. The lowest BCUT2D eigenvalue weighted by Gasteiger charge is -2.31. The lowest BCUT2D eigenvalue weighted by molar-refractivity contribution is -0.0264. The van der Waals surface area contributed by atoms with Gasteiger partial charge in [0.05, 0.1) is 18.4 Å². The Kier molecular flexibility index (Phi) is 3.77. The molecule has 1 aliphatic rings. The summed E-state index contributed by atoms with van der Waals surface area (Å²) in [5.41, 5.74) is 7.06. The van der Waals surface area contributed by atoms with E-state index in [9.17, 15) is 4.79 Å². The Labute approximate surface area is 116 Å². The topological polar surface area (TPSA) is 72.9 Å². The van der Waals surface area contributed by atoms with Crippen LogP contribution >= 0.6 is 0 Å². The Morgan fingerprint density at radius 1 is 1.45 bits per heavy atom. The second-order valence-corrected chi connectivity index (χ2v) is 4.98. The summed E-state index contributed by atoms with van der Waals surface area (Å²) in [6.07, 6.45) is 1.80. The van der Waals surface area contributed by atoms with Gasteiger partial charge >= 0.3 is 0 Å². The van der Waals surface area contributed by atoms with E-state index >= 15 is 0 Å². The average molecular weight is 274 g/mol. The summed E-state index contributed by atoms with van der Waals surface area (Å²) in [6, 6.07) is 7.14. The number of nitrogens with zero attached hydrogens (tertiary/aromatic N) is 3. The Balaban J connectivity index is 1.82. The van der Waals surface area contributed by atoms with E-state index in [1.807, 2.05) is 18.2 Å². The molecular formula is C14H18N4O2. The van der Waals surface area contributed by atoms with Crippen LogP contribution in [0.2, 0.25) is 0 Å². The van der Waals surface area contributed by atoms with Crippen LogP contribution in [0.3, 0.4) is 0 Å². The Morgan fingerprint density at radius 3 is 3.20 bits per heavy atom. The van der Waals surface area contributed by atoms with Gasteiger partial charge < -0.3 is 10.5 Å². The van der Waals surface area contributed by atoms with E-state index in [4.69, 9.17) is 10.5 Å². The molecule has 1 unspecified atom stereocenters. The van der Waals surface area contributed by atoms with Crippen LogP contribution in [0.25, 0.3) is 5.65 Å². The molecule has 1 atom stereocenters. The van der Waals surface area contributed by atoms with E-state index in [0.717, 1.165) is 18.8 Å². The molecule has 0 aliphatic carbocycles. The van der Waals surface area contributed by atoms with Gasteiger partial charge in [-0.25, -0.2) is 4.98 Å². The Bertz CT molecular complexity index is 655. The molecule has 0 saturated carbocycles. The molecule has 0 bridgehead atoms. The van der Waals surface area contributed by atoms with Crippen LogP contribution in [0.4, 0.5) is 0 Å². The number of nitrogens with two attached hydrogens (primary N) is 1. The minimum absolute atomic E-state index is 0.0470. The highest BCUT2D eigenvalue weighted by Gasteiger charge is 2.19. The maximum atomic E-state index is 12.0. The fraction of sp³-hybridized carbons (Fsp3) is 0.429. The van der Waals surface area contributed by atoms with Gasteiger partial charge in [0.1, 0.15) is 5.65 Å². The van der Waals surface area contributed by atoms with Crippen molar-refractivity contribution in [1.29, 1.82) is 0 Å². The second-order valence-electron chi connectivity index (χ2n) is 4.98. The normalized spacial score (nSPS) is 20.4. The van der Waals surface area contributed by atoms with Crippen LogP contribution in [0, 0.1) is 0 Å². The molecule has 3 rings (SSSR count). The first-order valence-corrected chi connectivity index (χ1v) is 6.77. The van der Waals surface area contributed by atoms with E-state index in [1.54, 1.807) is 16.7 Å². The van der Waals surface area contributed by atoms with Crippen molar-refractivity contribution in [3.05, 3.63) is 46.5 Å². The van der Waals surface area contributed by atoms with Crippen LogP contribution in [0.15, 0.2) is 35.3 Å². The zero-order chi connectivity index (χ0) is 13.9. The first-order chi connectivity index (χ1) is 9.76. The molecule has 106 valence electrons. The van der Waals surface area contributed by atoms with Crippen LogP contribution in [0.1, 0.15) is 5.69 Å². The van der Waals surface area contributed by atoms with Crippen molar-refractivity contribution >= 4 is 5.65 Å². The van der Waals surface area contributed by atoms with Gasteiger partial charge in [0, 0.05) is 38.4 Å². The van der Waals surface area contributed by atoms with Crippen molar-refractivity contribution in [1.82, 2.24) is 14.3 Å². The quantitative estimate of drug-likeness (QED) is 0.843. The highest BCUT2D eigenvalue weighted by atomic mass is 16.5. The number of morpholine rings is 1. The first-order valence-electron chi connectivity index (χ1n) is 6.77. The van der Waals surface area contributed by atoms with E-state index in [0.29, 0.717) is 25.3 Å². The minimum atomic E-state index is -0.0470. The molecule has 6 heteroatoms. The van der Waals surface area contributed by atoms with Crippen LogP contribution in [0.5, 0.6) is 0 Å². The number of rotatable bonds is 3. The van der Waals surface area contributed by atoms with Gasteiger partial charge in [-0.05, 0) is 12.1 Å². The summed E-state index contributed by atoms with van der Waals surface area (Å²) >= 11 is 0. The molecular weight excluding hydrogens is 256 g/mol. The summed E-state index contributed by atoms with van der Waals surface area (Å²) in [4.78, 5) is 18.8. The molecule has 0 amide bonds. The Hall–Kier alpha value is -1.76. The second kappa shape index (κ2) is 5.70. The van der Waals surface area contributed by atoms with E-state index in [1.165, 1.54) is 0 Å². The number of pyridine rings is 1. The van der Waals surface area contributed by atoms with Crippen molar-refractivity contribution in [2.24, 2.45) is 5.73 Å². The molecule has 1 aliphatic heterocycles. The van der Waals surface area contributed by atoms with Crippen LogP contribution < -0.4 is 11.3 Å². The lowest BCUT2D eigenvalue weighted by Crippen LogP contribution is -2.45. The third-order valence-corrected chi connectivity index (χ3v) is 3.50. The fourth-order valence-corrected chi connectivity index (χ4v) is 2.48. The third-order valence-electron chi connectivity index (χ3n) is 3.50. The predicted octanol–water partition coefficient (Wildman–Crippen LogP) is -0.146. The molecule has 1 fully saturated rings. The molecule has 0 spiro atoms. The number of fused-ring (bicyclic) bond motifs is 1. The monoisotopic (exact) mass is 274 g/mol. The van der Waals surface area contributed by atoms with E-state index < -0.39 is 0 Å². The van der Waals surface area contributed by atoms with Gasteiger partial charge in [-0.3, -0.25) is 14.1 Å². The minimum Gasteiger partial charge on any atom is -0.374 e. The molecule has 0 aromatic carbocycles. The summed E-state index contributed by atoms with van der Waals surface area (Å²) in [7, 11) is 0. The number of aromatic nitrogens is 2. The lowest BCUT2D eigenvalue weighted by atomic mass is 10.2. The smallest absolute Gasteiger partial charge is 0.258 e. The third kappa shape index (κ3) is 2.72.